The molecule has 2 atom stereocenters. The van der Waals surface area contributed by atoms with Crippen LogP contribution in [0.5, 0.6) is 0 Å². The molecule has 1 aliphatic carbocycles. The molecule has 0 saturated heterocycles. The molecule has 0 spiro atoms. The topological polar surface area (TPSA) is 49.3 Å². The van der Waals surface area contributed by atoms with Crippen molar-refractivity contribution in [1.29, 1.82) is 0 Å². The number of carbonyl (C=O) groups is 1. The van der Waals surface area contributed by atoms with Crippen molar-refractivity contribution < 1.29 is 9.90 Å². The van der Waals surface area contributed by atoms with Crippen molar-refractivity contribution in [1.82, 2.24) is 5.32 Å². The third kappa shape index (κ3) is 3.56. The van der Waals surface area contributed by atoms with Gasteiger partial charge in [-0.2, -0.15) is 0 Å². The van der Waals surface area contributed by atoms with Gasteiger partial charge in [-0.15, -0.1) is 0 Å². The Balaban J connectivity index is 1.71. The lowest BCUT2D eigenvalue weighted by atomic mass is 9.76. The van der Waals surface area contributed by atoms with Crippen molar-refractivity contribution in [3.8, 4) is 0 Å². The van der Waals surface area contributed by atoms with Crippen molar-refractivity contribution in [2.24, 2.45) is 5.92 Å². The molecule has 0 radical (unpaired) electrons. The van der Waals surface area contributed by atoms with Gasteiger partial charge < -0.3 is 10.4 Å². The fourth-order valence-electron chi connectivity index (χ4n) is 2.34. The molecule has 1 aliphatic rings. The molecule has 0 heterocycles. The molecule has 1 saturated carbocycles. The maximum absolute atomic E-state index is 10.5. The van der Waals surface area contributed by atoms with Gasteiger partial charge in [-0.3, -0.25) is 4.79 Å². The highest BCUT2D eigenvalue weighted by molar-refractivity contribution is 5.66. The zero-order valence-corrected chi connectivity index (χ0v) is 9.93. The summed E-state index contributed by atoms with van der Waals surface area (Å²) >= 11 is 0. The van der Waals surface area contributed by atoms with E-state index in [1.54, 1.807) is 0 Å². The van der Waals surface area contributed by atoms with Gasteiger partial charge in [-0.05, 0) is 30.7 Å². The van der Waals surface area contributed by atoms with Gasteiger partial charge in [0.25, 0.3) is 0 Å². The highest BCUT2D eigenvalue weighted by atomic mass is 16.4. The van der Waals surface area contributed by atoms with Gasteiger partial charge in [-0.25, -0.2) is 0 Å². The molecule has 3 nitrogen and oxygen atoms in total. The van der Waals surface area contributed by atoms with E-state index in [0.29, 0.717) is 18.4 Å². The van der Waals surface area contributed by atoms with Gasteiger partial charge in [0.05, 0.1) is 0 Å². The molecular weight excluding hydrogens is 214 g/mol. The van der Waals surface area contributed by atoms with Crippen LogP contribution in [0.15, 0.2) is 30.3 Å². The maximum Gasteiger partial charge on any atom is 0.303 e. The summed E-state index contributed by atoms with van der Waals surface area (Å²) in [5.74, 6) is -0.131. The quantitative estimate of drug-likeness (QED) is 0.793. The number of hydrogen-bond acceptors (Lipinski definition) is 2. The first kappa shape index (κ1) is 12.1. The molecule has 2 rings (SSSR count). The zero-order valence-electron chi connectivity index (χ0n) is 9.93. The molecule has 0 aliphatic heterocycles. The first-order valence-electron chi connectivity index (χ1n) is 6.25. The number of carboxylic acid groups (broad SMARTS) is 1. The van der Waals surface area contributed by atoms with Crippen LogP contribution in [0.3, 0.4) is 0 Å². The molecule has 1 aromatic carbocycles. The van der Waals surface area contributed by atoms with Crippen molar-refractivity contribution >= 4 is 5.97 Å². The van der Waals surface area contributed by atoms with Crippen LogP contribution in [0.25, 0.3) is 0 Å². The predicted molar refractivity (Wildman–Crippen MR) is 66.7 cm³/mol. The Morgan fingerprint density at radius 1 is 1.29 bits per heavy atom. The second-order valence-electron chi connectivity index (χ2n) is 4.74. The number of hydrogen-bond donors (Lipinski definition) is 2. The molecular formula is C14H19NO2. The molecule has 2 unspecified atom stereocenters. The van der Waals surface area contributed by atoms with Crippen LogP contribution < -0.4 is 5.32 Å². The largest absolute Gasteiger partial charge is 0.481 e. The molecule has 0 bridgehead atoms. The number of rotatable bonds is 6. The highest BCUT2D eigenvalue weighted by Gasteiger charge is 2.30. The van der Waals surface area contributed by atoms with E-state index in [9.17, 15) is 4.79 Å². The summed E-state index contributed by atoms with van der Waals surface area (Å²) in [6, 6.07) is 10.8. The zero-order chi connectivity index (χ0) is 12.1. The Labute approximate surface area is 102 Å². The smallest absolute Gasteiger partial charge is 0.303 e. The summed E-state index contributed by atoms with van der Waals surface area (Å²) in [7, 11) is 0. The van der Waals surface area contributed by atoms with Crippen LogP contribution in [0.2, 0.25) is 0 Å². The van der Waals surface area contributed by atoms with E-state index in [-0.39, 0.29) is 0 Å². The van der Waals surface area contributed by atoms with E-state index in [4.69, 9.17) is 5.11 Å². The minimum Gasteiger partial charge on any atom is -0.481 e. The highest BCUT2D eigenvalue weighted by Crippen LogP contribution is 2.31. The van der Waals surface area contributed by atoms with E-state index in [1.165, 1.54) is 18.4 Å². The molecule has 92 valence electrons. The van der Waals surface area contributed by atoms with Gasteiger partial charge >= 0.3 is 5.97 Å². The predicted octanol–water partition coefficient (Wildman–Crippen LogP) is 2.42. The second kappa shape index (κ2) is 5.82. The Hall–Kier alpha value is -1.35. The van der Waals surface area contributed by atoms with Gasteiger partial charge in [0, 0.05) is 19.0 Å². The lowest BCUT2D eigenvalue weighted by Crippen LogP contribution is -2.43. The summed E-state index contributed by atoms with van der Waals surface area (Å²) in [6.45, 7) is 0.884. The minimum atomic E-state index is -0.682. The number of nitrogens with one attached hydrogen (secondary N) is 1. The van der Waals surface area contributed by atoms with Gasteiger partial charge in [0.1, 0.15) is 0 Å². The SMILES string of the molecule is O=C(O)CCC1CCC1NCc1ccccc1. The monoisotopic (exact) mass is 233 g/mol. The first-order valence-corrected chi connectivity index (χ1v) is 6.25. The van der Waals surface area contributed by atoms with Crippen LogP contribution in [0.1, 0.15) is 31.2 Å². The second-order valence-corrected chi connectivity index (χ2v) is 4.74. The standard InChI is InChI=1S/C14H19NO2/c16-14(17)9-7-12-6-8-13(12)15-10-11-4-2-1-3-5-11/h1-5,12-13,15H,6-10H2,(H,16,17). The van der Waals surface area contributed by atoms with E-state index in [1.807, 2.05) is 18.2 Å². The van der Waals surface area contributed by atoms with Crippen LogP contribution in [0, 0.1) is 5.92 Å². The fraction of sp³-hybridized carbons (Fsp3) is 0.500. The van der Waals surface area contributed by atoms with Crippen LogP contribution in [-0.2, 0) is 11.3 Å². The van der Waals surface area contributed by atoms with E-state index < -0.39 is 5.97 Å². The van der Waals surface area contributed by atoms with Crippen LogP contribution >= 0.6 is 0 Å². The lowest BCUT2D eigenvalue weighted by molar-refractivity contribution is -0.137. The van der Waals surface area contributed by atoms with E-state index >= 15 is 0 Å². The average molecular weight is 233 g/mol. The van der Waals surface area contributed by atoms with Gasteiger partial charge in [0.2, 0.25) is 0 Å². The van der Waals surface area contributed by atoms with Crippen molar-refractivity contribution in [3.63, 3.8) is 0 Å². The van der Waals surface area contributed by atoms with Crippen molar-refractivity contribution in [2.75, 3.05) is 0 Å². The molecule has 17 heavy (non-hydrogen) atoms. The number of aliphatic carboxylic acids is 1. The van der Waals surface area contributed by atoms with Gasteiger partial charge in [-0.1, -0.05) is 30.3 Å². The van der Waals surface area contributed by atoms with E-state index in [0.717, 1.165) is 13.0 Å². The molecule has 0 amide bonds. The normalized spacial score (nSPS) is 23.1. The molecule has 3 heteroatoms. The molecule has 1 aromatic rings. The van der Waals surface area contributed by atoms with Crippen molar-refractivity contribution in [2.45, 2.75) is 38.3 Å². The Morgan fingerprint density at radius 3 is 2.65 bits per heavy atom. The Kier molecular flexibility index (Phi) is 4.15. The summed E-state index contributed by atoms with van der Waals surface area (Å²) in [5, 5.41) is 12.2. The summed E-state index contributed by atoms with van der Waals surface area (Å²) in [6.07, 6.45) is 3.45. The van der Waals surface area contributed by atoms with Gasteiger partial charge in [0.15, 0.2) is 0 Å². The number of benzene rings is 1. The Bertz CT molecular complexity index is 364. The van der Waals surface area contributed by atoms with Crippen molar-refractivity contribution in [3.05, 3.63) is 35.9 Å². The summed E-state index contributed by atoms with van der Waals surface area (Å²) < 4.78 is 0. The molecule has 1 fully saturated rings. The van der Waals surface area contributed by atoms with E-state index in [2.05, 4.69) is 17.4 Å². The Morgan fingerprint density at radius 2 is 2.06 bits per heavy atom. The third-order valence-corrected chi connectivity index (χ3v) is 3.56. The fourth-order valence-corrected chi connectivity index (χ4v) is 2.34. The average Bonchev–Trinajstić information content (AvgIpc) is 2.29. The lowest BCUT2D eigenvalue weighted by Gasteiger charge is -2.37. The summed E-state index contributed by atoms with van der Waals surface area (Å²) in [4.78, 5) is 10.5. The maximum atomic E-state index is 10.5. The minimum absolute atomic E-state index is 0.300. The van der Waals surface area contributed by atoms with Crippen LogP contribution in [-0.4, -0.2) is 17.1 Å². The first-order chi connectivity index (χ1) is 8.25. The summed E-state index contributed by atoms with van der Waals surface area (Å²) in [5.41, 5.74) is 1.29. The number of carboxylic acids is 1. The molecule has 0 aromatic heterocycles. The third-order valence-electron chi connectivity index (χ3n) is 3.56. The van der Waals surface area contributed by atoms with Crippen LogP contribution in [0.4, 0.5) is 0 Å². The molecule has 2 N–H and O–H groups in total.